The van der Waals surface area contributed by atoms with Crippen LogP contribution in [0.3, 0.4) is 0 Å². The summed E-state index contributed by atoms with van der Waals surface area (Å²) in [5.74, 6) is -8.69. The first-order chi connectivity index (χ1) is 60.9. The topological polar surface area (TPSA) is 922 Å². The predicted molar refractivity (Wildman–Crippen MR) is 395 cm³/mol. The van der Waals surface area contributed by atoms with E-state index in [0.717, 1.165) is 27.7 Å². The smallest absolute Gasteiger partial charge is 0.364 e. The molecule has 35 N–H and O–H groups in total. The summed E-state index contributed by atoms with van der Waals surface area (Å²) in [6.07, 6.45) is -97.7. The van der Waals surface area contributed by atoms with E-state index in [1.807, 2.05) is 0 Å². The van der Waals surface area contributed by atoms with E-state index < -0.39 is 414 Å². The van der Waals surface area contributed by atoms with E-state index in [2.05, 4.69) is 21.3 Å². The molecule has 10 saturated heterocycles. The molecule has 4 amide bonds. The van der Waals surface area contributed by atoms with Gasteiger partial charge in [-0.25, -0.2) is 4.79 Å². The Hall–Kier alpha value is -4.57. The molecular formula is C71H119N5O53. The van der Waals surface area contributed by atoms with Crippen LogP contribution in [0.15, 0.2) is 0 Å². The van der Waals surface area contributed by atoms with Crippen LogP contribution in [0, 0.1) is 0 Å². The number of aliphatic carboxylic acids is 1. The third-order valence-electron chi connectivity index (χ3n) is 23.5. The Bertz CT molecular complexity index is 3550. The number of hydrogen-bond acceptors (Lipinski definition) is 53. The molecular weight excluding hydrogens is 1770 g/mol. The van der Waals surface area contributed by atoms with Crippen molar-refractivity contribution in [2.75, 3.05) is 66.1 Å². The zero-order chi connectivity index (χ0) is 95.3. The van der Waals surface area contributed by atoms with Gasteiger partial charge >= 0.3 is 5.97 Å². The Balaban J connectivity index is 0.932. The summed E-state index contributed by atoms with van der Waals surface area (Å²) in [4.78, 5) is 63.3. The van der Waals surface area contributed by atoms with Gasteiger partial charge in [-0.1, -0.05) is 0 Å². The lowest BCUT2D eigenvalue weighted by atomic mass is 9.88. The van der Waals surface area contributed by atoms with E-state index in [1.165, 1.54) is 0 Å². The van der Waals surface area contributed by atoms with Crippen molar-refractivity contribution in [1.82, 2.24) is 21.3 Å². The molecule has 10 rings (SSSR count). The van der Waals surface area contributed by atoms with Gasteiger partial charge in [-0.2, -0.15) is 0 Å². The molecule has 746 valence electrons. The highest BCUT2D eigenvalue weighted by Crippen LogP contribution is 2.42. The zero-order valence-corrected chi connectivity index (χ0v) is 69.0. The van der Waals surface area contributed by atoms with Crippen LogP contribution in [-0.2, 0) is 114 Å². The highest BCUT2D eigenvalue weighted by molar-refractivity contribution is 5.77. The number of nitrogens with two attached hydrogens (primary N) is 1. The normalized spacial score (nSPS) is 48.1. The zero-order valence-electron chi connectivity index (χ0n) is 69.0. The summed E-state index contributed by atoms with van der Waals surface area (Å²) >= 11 is 0. The van der Waals surface area contributed by atoms with E-state index in [-0.39, 0.29) is 0 Å². The first kappa shape index (κ1) is 106. The number of hydrogen-bond donors (Lipinski definition) is 34. The summed E-state index contributed by atoms with van der Waals surface area (Å²) in [5.41, 5.74) is 6.51. The van der Waals surface area contributed by atoms with Crippen molar-refractivity contribution in [3.05, 3.63) is 0 Å². The number of nitrogens with one attached hydrogen (secondary N) is 4. The molecule has 129 heavy (non-hydrogen) atoms. The average molecular weight is 1890 g/mol. The minimum absolute atomic E-state index is 0.807. The third kappa shape index (κ3) is 23.5. The molecule has 0 radical (unpaired) electrons. The second kappa shape index (κ2) is 46.1. The molecule has 51 atom stereocenters. The third-order valence-corrected chi connectivity index (χ3v) is 23.5. The predicted octanol–water partition coefficient (Wildman–Crippen LogP) is -23.1. The summed E-state index contributed by atoms with van der Waals surface area (Å²) < 4.78 is 112. The number of aliphatic hydroxyl groups excluding tert-OH is 28. The van der Waals surface area contributed by atoms with Crippen molar-refractivity contribution >= 4 is 29.6 Å². The molecule has 0 spiro atoms. The minimum atomic E-state index is -3.07. The van der Waals surface area contributed by atoms with Crippen LogP contribution in [-0.4, -0.2) is 556 Å². The van der Waals surface area contributed by atoms with E-state index in [9.17, 15) is 172 Å². The molecule has 10 fully saturated rings. The second-order valence-electron chi connectivity index (χ2n) is 32.5. The van der Waals surface area contributed by atoms with E-state index in [4.69, 9.17) is 95.7 Å². The van der Waals surface area contributed by atoms with Gasteiger partial charge in [0, 0.05) is 34.1 Å². The standard InChI is InChI=1S/C71H119N5O53/c1-16(85)73-32-20(89)5-71(70(109)110,129-57(32)36(91)21(90)6-77)112-15-30-40(95)47(102)51(106)66(121-30)123-53-26(11-82)117-62(31(72)42(53)97)127-59-48(103)38(93)23(8-79)115-68(59)111-14-29-41(96)58(52(107)67(120-29)125-56-28(13-84)118-63(34(44(56)99)75-18(3)87)122-54-25(10-81)113-61(108)33(43(54)98)74-17(2)86)126-69-60(49(104)39(94)24(9-80)116-69)128-64-35(76-19(4)88)45(100)55(27(12-83)119-64)124-65-50(105)46(101)37(92)22(7-78)114-65/h20-69,77-84,89-108H,5-15,72H2,1-4H3,(H,73,85)(H,74,86)(H,75,87)(H,76,88)(H,109,110)/t20-,21+,22+,23+,24+,25+,26+,27+,28+,29+,30+,31+,32+,33+,34+,35-,36+,37-,38+,39+,40-,41+,42+,43+,44+,45+,46-,47-,48-,49-,50+,51+,52-,53+,54+,55+,56+,57+,58-,59-,60-,61?,62-,63-,64-,65-,66-,67-,68-,69+,71+/m0/s1. The van der Waals surface area contributed by atoms with Gasteiger partial charge in [0.2, 0.25) is 23.6 Å². The van der Waals surface area contributed by atoms with E-state index in [0.29, 0.717) is 0 Å². The Morgan fingerprint density at radius 2 is 0.674 bits per heavy atom. The summed E-state index contributed by atoms with van der Waals surface area (Å²) in [5, 5.41) is 332. The number of carboxylic acids is 1. The van der Waals surface area contributed by atoms with Crippen molar-refractivity contribution in [2.45, 2.75) is 346 Å². The molecule has 0 aromatic heterocycles. The summed E-state index contributed by atoms with van der Waals surface area (Å²) in [6, 6.07) is -9.30. The van der Waals surface area contributed by atoms with Crippen molar-refractivity contribution < 1.29 is 262 Å². The first-order valence-electron chi connectivity index (χ1n) is 40.9. The van der Waals surface area contributed by atoms with Crippen molar-refractivity contribution in [3.8, 4) is 0 Å². The van der Waals surface area contributed by atoms with Gasteiger partial charge in [-0.05, 0) is 0 Å². The number of aliphatic hydroxyl groups is 28. The van der Waals surface area contributed by atoms with Gasteiger partial charge in [0.05, 0.1) is 84.3 Å². The van der Waals surface area contributed by atoms with Gasteiger partial charge in [0.25, 0.3) is 5.79 Å². The fourth-order valence-corrected chi connectivity index (χ4v) is 16.6. The molecule has 10 aliphatic rings. The second-order valence-corrected chi connectivity index (χ2v) is 32.5. The highest BCUT2D eigenvalue weighted by atomic mass is 16.8. The van der Waals surface area contributed by atoms with Crippen molar-refractivity contribution in [2.24, 2.45) is 5.73 Å². The lowest BCUT2D eigenvalue weighted by molar-refractivity contribution is -0.399. The Kier molecular flexibility index (Phi) is 38.0. The summed E-state index contributed by atoms with van der Waals surface area (Å²) in [6.45, 7) is -7.76. The van der Waals surface area contributed by atoms with Crippen molar-refractivity contribution in [1.29, 1.82) is 0 Å². The molecule has 0 aliphatic carbocycles. The van der Waals surface area contributed by atoms with Crippen LogP contribution in [0.5, 0.6) is 0 Å². The molecule has 10 heterocycles. The number of carbonyl (C=O) groups excluding carboxylic acids is 4. The van der Waals surface area contributed by atoms with Crippen LogP contribution < -0.4 is 27.0 Å². The molecule has 58 nitrogen and oxygen atoms in total. The SMILES string of the molecule is CC(=O)N[C@@H]1[C@H](O[C@@H]2[C@@H](O[C@@H]3[C@H](O)[C@H](O[C@H]4[C@H](O)[C@@H](NC(C)=O)[C@H](O[C@H]5[C@H](O)[C@@H](NC(C)=O)C(O)O[C@@H]5CO)O[C@@H]4CO)O[C@H](CO[C@H]4O[C@H](CO)[C@@H](O)[C@H](O)[C@@H]4O[C@@H]4O[C@H](CO)[C@@H](O[C@@H]5O[C@H](CO[C@]6(C(=O)O)C[C@H](O)[C@@H](NC(C)=O)[C@H]([C@H](O)[C@H](O)CO)O6)[C@H](O)[C@H](O)[C@H]5O)[C@H](O)[C@H]4N)[C@H]3O)O[C@H](CO)[C@@H](O)[C@@H]2O)O[C@H](CO)[C@@H](O[C@@H]2O[C@H](CO)[C@H](O)[C@H](O)[C@H]2O)[C@@H]1O. The van der Waals surface area contributed by atoms with Crippen LogP contribution >= 0.6 is 0 Å². The van der Waals surface area contributed by atoms with Crippen LogP contribution in [0.1, 0.15) is 34.1 Å². The number of amides is 4. The lowest BCUT2D eigenvalue weighted by Crippen LogP contribution is -2.71. The molecule has 58 heteroatoms. The number of carbonyl (C=O) groups is 5. The van der Waals surface area contributed by atoms with Gasteiger partial charge in [0.15, 0.2) is 56.6 Å². The quantitative estimate of drug-likeness (QED) is 0.0280. The lowest BCUT2D eigenvalue weighted by Gasteiger charge is -2.51. The van der Waals surface area contributed by atoms with Gasteiger partial charge in [-0.3, -0.25) is 19.2 Å². The first-order valence-corrected chi connectivity index (χ1v) is 40.9. The highest BCUT2D eigenvalue weighted by Gasteiger charge is 2.63. The fraction of sp³-hybridized carbons (Fsp3) is 0.930. The molecule has 0 aromatic carbocycles. The van der Waals surface area contributed by atoms with Crippen LogP contribution in [0.25, 0.3) is 0 Å². The Morgan fingerprint density at radius 3 is 1.12 bits per heavy atom. The average Bonchev–Trinajstić information content (AvgIpc) is 0.768. The molecule has 0 bridgehead atoms. The maximum atomic E-state index is 13.1. The number of rotatable bonds is 35. The van der Waals surface area contributed by atoms with Gasteiger partial charge in [0.1, 0.15) is 232 Å². The van der Waals surface area contributed by atoms with E-state index in [1.54, 1.807) is 0 Å². The maximum absolute atomic E-state index is 13.1. The molecule has 0 aromatic rings. The molecule has 0 saturated carbocycles. The largest absolute Gasteiger partial charge is 0.477 e. The molecule has 10 aliphatic heterocycles. The van der Waals surface area contributed by atoms with Crippen molar-refractivity contribution in [3.63, 3.8) is 0 Å². The van der Waals surface area contributed by atoms with E-state index >= 15 is 0 Å². The van der Waals surface area contributed by atoms with Crippen LogP contribution in [0.2, 0.25) is 0 Å². The Labute approximate surface area is 729 Å². The number of carboxylic acid groups (broad SMARTS) is 1. The minimum Gasteiger partial charge on any atom is -0.477 e. The van der Waals surface area contributed by atoms with Crippen LogP contribution in [0.4, 0.5) is 0 Å². The van der Waals surface area contributed by atoms with Gasteiger partial charge < -0.3 is 265 Å². The maximum Gasteiger partial charge on any atom is 0.364 e. The fourth-order valence-electron chi connectivity index (χ4n) is 16.6. The van der Waals surface area contributed by atoms with Gasteiger partial charge in [-0.15, -0.1) is 0 Å². The monoisotopic (exact) mass is 1890 g/mol. The summed E-state index contributed by atoms with van der Waals surface area (Å²) in [7, 11) is 0. The molecule has 1 unspecified atom stereocenters. The Morgan fingerprint density at radius 1 is 0.341 bits per heavy atom. The number of ether oxygens (including phenoxy) is 19.